The number of rotatable bonds is 10. The van der Waals surface area contributed by atoms with E-state index < -0.39 is 35.0 Å². The van der Waals surface area contributed by atoms with Crippen molar-refractivity contribution in [2.45, 2.75) is 82.3 Å². The van der Waals surface area contributed by atoms with Crippen LogP contribution in [0.3, 0.4) is 0 Å². The predicted octanol–water partition coefficient (Wildman–Crippen LogP) is 8.20. The van der Waals surface area contributed by atoms with E-state index in [4.69, 9.17) is 9.47 Å². The highest BCUT2D eigenvalue weighted by Crippen LogP contribution is 2.57. The third-order valence-corrected chi connectivity index (χ3v) is 12.7. The number of ether oxygens (including phenoxy) is 2. The fraction of sp³-hybridized carbons (Fsp3) is 0.455. The molecule has 10 heteroatoms. The van der Waals surface area contributed by atoms with Crippen LogP contribution in [0.4, 0.5) is 0 Å². The molecule has 0 N–H and O–H groups in total. The monoisotopic (exact) mass is 618 g/mol. The van der Waals surface area contributed by atoms with Gasteiger partial charge in [0.05, 0.1) is 22.6 Å². The average molecular weight is 619 g/mol. The second-order valence-electron chi connectivity index (χ2n) is 13.7. The van der Waals surface area contributed by atoms with Crippen molar-refractivity contribution in [3.05, 3.63) is 94.0 Å². The van der Waals surface area contributed by atoms with Gasteiger partial charge in [-0.3, -0.25) is 0 Å². The van der Waals surface area contributed by atoms with E-state index in [2.05, 4.69) is 56.2 Å². The Hall–Kier alpha value is -3.14. The van der Waals surface area contributed by atoms with Gasteiger partial charge < -0.3 is 9.47 Å². The largest absolute Gasteiger partial charge is 0.356 e. The molecule has 8 nitrogen and oxygen atoms in total. The van der Waals surface area contributed by atoms with E-state index in [1.807, 2.05) is 32.1 Å². The fourth-order valence-electron chi connectivity index (χ4n) is 6.52. The quantitative estimate of drug-likeness (QED) is 0.0434. The zero-order valence-corrected chi connectivity index (χ0v) is 28.0. The van der Waals surface area contributed by atoms with Crippen molar-refractivity contribution < 1.29 is 17.9 Å². The van der Waals surface area contributed by atoms with Crippen molar-refractivity contribution in [3.63, 3.8) is 0 Å². The van der Waals surface area contributed by atoms with Gasteiger partial charge in [0.2, 0.25) is 0 Å². The number of hydrogen-bond acceptors (Lipinski definition) is 5. The molecule has 2 aromatic carbocycles. The summed E-state index contributed by atoms with van der Waals surface area (Å²) in [6, 6.07) is 13.1. The third kappa shape index (κ3) is 5.29. The van der Waals surface area contributed by atoms with Gasteiger partial charge >= 0.3 is 0 Å². The number of aryl methyl sites for hydroxylation is 1. The zero-order valence-electron chi connectivity index (χ0n) is 26.2. The highest BCUT2D eigenvalue weighted by molar-refractivity contribution is 7.90. The van der Waals surface area contributed by atoms with Crippen LogP contribution < -0.4 is 0 Å². The van der Waals surface area contributed by atoms with Crippen LogP contribution >= 0.6 is 0 Å². The van der Waals surface area contributed by atoms with Gasteiger partial charge in [-0.05, 0) is 54.3 Å². The molecule has 228 valence electrons. The summed E-state index contributed by atoms with van der Waals surface area (Å²) in [5.41, 5.74) is 13.9. The van der Waals surface area contributed by atoms with Crippen LogP contribution in [0.1, 0.15) is 43.9 Å². The van der Waals surface area contributed by atoms with Gasteiger partial charge in [0, 0.05) is 47.6 Å². The molecule has 0 unspecified atom stereocenters. The summed E-state index contributed by atoms with van der Waals surface area (Å²) in [5.74, 6) is 0. The summed E-state index contributed by atoms with van der Waals surface area (Å²) in [6.45, 7) is 20.1. The smallest absolute Gasteiger partial charge is 0.268 e. The highest BCUT2D eigenvalue weighted by atomic mass is 32.2. The Morgan fingerprint density at radius 3 is 2.49 bits per heavy atom. The first-order valence-corrected chi connectivity index (χ1v) is 19.9. The lowest BCUT2D eigenvalue weighted by Gasteiger charge is -2.50. The number of fused-ring (bicyclic) bond motifs is 1. The minimum absolute atomic E-state index is 0.136. The summed E-state index contributed by atoms with van der Waals surface area (Å²) < 4.78 is 41.8. The van der Waals surface area contributed by atoms with Crippen LogP contribution in [0.5, 0.6) is 0 Å². The topological polar surface area (TPSA) is 106 Å². The molecule has 0 bridgehead atoms. The molecule has 2 aliphatic rings. The molecule has 0 aliphatic heterocycles. The molecule has 0 saturated carbocycles. The Morgan fingerprint density at radius 1 is 1.16 bits per heavy atom. The first kappa shape index (κ1) is 31.3. The number of hydrogen-bond donors (Lipinski definition) is 0. The predicted molar refractivity (Wildman–Crippen MR) is 175 cm³/mol. The molecule has 0 amide bonds. The second-order valence-corrected chi connectivity index (χ2v) is 21.2. The molecule has 43 heavy (non-hydrogen) atoms. The summed E-state index contributed by atoms with van der Waals surface area (Å²) in [7, 11) is -5.15. The maximum absolute atomic E-state index is 14.0. The van der Waals surface area contributed by atoms with Crippen molar-refractivity contribution >= 4 is 34.6 Å². The minimum atomic E-state index is -3.91. The van der Waals surface area contributed by atoms with Crippen molar-refractivity contribution in [3.8, 4) is 0 Å². The van der Waals surface area contributed by atoms with Crippen molar-refractivity contribution in [2.75, 3.05) is 13.4 Å². The van der Waals surface area contributed by atoms with E-state index >= 15 is 0 Å². The molecule has 0 fully saturated rings. The molecule has 1 aromatic heterocycles. The molecule has 0 saturated heterocycles. The van der Waals surface area contributed by atoms with E-state index in [1.165, 1.54) is 3.97 Å². The van der Waals surface area contributed by atoms with Gasteiger partial charge in [-0.1, -0.05) is 87.0 Å². The van der Waals surface area contributed by atoms with Crippen LogP contribution in [0.25, 0.3) is 26.9 Å². The summed E-state index contributed by atoms with van der Waals surface area (Å²) >= 11 is 0. The van der Waals surface area contributed by atoms with Gasteiger partial charge in [0.25, 0.3) is 10.0 Å². The van der Waals surface area contributed by atoms with Crippen LogP contribution in [0.15, 0.2) is 76.9 Å². The number of aromatic nitrogens is 1. The molecule has 3 atom stereocenters. The minimum Gasteiger partial charge on any atom is -0.356 e. The van der Waals surface area contributed by atoms with Crippen LogP contribution in [0.2, 0.25) is 25.7 Å². The van der Waals surface area contributed by atoms with Gasteiger partial charge in [-0.25, -0.2) is 12.4 Å². The Bertz CT molecular complexity index is 1760. The van der Waals surface area contributed by atoms with Crippen molar-refractivity contribution in [2.24, 2.45) is 10.5 Å². The second kappa shape index (κ2) is 11.1. The van der Waals surface area contributed by atoms with E-state index in [0.29, 0.717) is 18.5 Å². The summed E-state index contributed by atoms with van der Waals surface area (Å²) in [5, 5.41) is 5.22. The van der Waals surface area contributed by atoms with E-state index in [0.717, 1.165) is 39.3 Å². The fourth-order valence-corrected chi connectivity index (χ4v) is 8.64. The lowest BCUT2D eigenvalue weighted by molar-refractivity contribution is -0.119. The average Bonchev–Trinajstić information content (AvgIpc) is 3.34. The summed E-state index contributed by atoms with van der Waals surface area (Å²) in [6.07, 6.45) is 3.72. The SMILES string of the molecule is C=C[C@]1(C)[C@H](N=[N+]=[N-])C2=C(C[C@H]1OCOCC[Si](C)(C)C)C(C)(C)c1cccc3c1c2cn3S(=O)(=O)c1ccc(C)cc1. The number of benzene rings is 2. The first-order valence-electron chi connectivity index (χ1n) is 14.7. The normalized spacial score (nSPS) is 23.1. The van der Waals surface area contributed by atoms with Gasteiger partial charge in [0.15, 0.2) is 0 Å². The van der Waals surface area contributed by atoms with Gasteiger partial charge in [0.1, 0.15) is 6.79 Å². The molecular formula is C33H42N4O4SSi. The maximum Gasteiger partial charge on any atom is 0.268 e. The van der Waals surface area contributed by atoms with Crippen LogP contribution in [-0.4, -0.2) is 46.0 Å². The molecule has 0 radical (unpaired) electrons. The first-order chi connectivity index (χ1) is 20.2. The van der Waals surface area contributed by atoms with Crippen molar-refractivity contribution in [1.29, 1.82) is 0 Å². The lowest BCUT2D eigenvalue weighted by atomic mass is 9.58. The molecule has 5 rings (SSSR count). The highest BCUT2D eigenvalue weighted by Gasteiger charge is 2.52. The molecule has 3 aromatic rings. The Kier molecular flexibility index (Phi) is 8.07. The maximum atomic E-state index is 14.0. The number of nitrogens with zero attached hydrogens (tertiary/aromatic N) is 4. The van der Waals surface area contributed by atoms with Crippen LogP contribution in [0, 0.1) is 12.3 Å². The Balaban J connectivity index is 1.66. The summed E-state index contributed by atoms with van der Waals surface area (Å²) in [4.78, 5) is 3.50. The van der Waals surface area contributed by atoms with Crippen LogP contribution in [-0.2, 0) is 24.9 Å². The molecule has 1 heterocycles. The van der Waals surface area contributed by atoms with Gasteiger partial charge in [-0.15, -0.1) is 6.58 Å². The van der Waals surface area contributed by atoms with Crippen molar-refractivity contribution in [1.82, 2.24) is 3.97 Å². The van der Waals surface area contributed by atoms with E-state index in [9.17, 15) is 13.9 Å². The Morgan fingerprint density at radius 2 is 1.86 bits per heavy atom. The van der Waals surface area contributed by atoms with E-state index in [1.54, 1.807) is 30.5 Å². The van der Waals surface area contributed by atoms with Gasteiger partial charge in [-0.2, -0.15) is 0 Å². The molecule has 0 spiro atoms. The standard InChI is InChI=1S/C33H42N4O4SSi/c1-9-33(5)28(41-21-40-17-18-43(6,7)8)19-26-30(31(33)35-36-34)24-20-37(42(38,39)23-15-13-22(2)14-16-23)27-12-10-11-25(29(24)27)32(26,3)4/h9-16,20,28,31H,1,17-19,21H2,2-8H3/t28-,31-,33+/m1/s1. The number of azide groups is 1. The van der Waals surface area contributed by atoms with E-state index in [-0.39, 0.29) is 17.8 Å². The third-order valence-electron chi connectivity index (χ3n) is 9.32. The Labute approximate surface area is 256 Å². The lowest BCUT2D eigenvalue weighted by Crippen LogP contribution is -2.49. The molecular weight excluding hydrogens is 577 g/mol. The zero-order chi connectivity index (χ0) is 31.4. The molecule has 2 aliphatic carbocycles.